The van der Waals surface area contributed by atoms with Crippen molar-refractivity contribution >= 4 is 28.3 Å². The number of anilines is 1. The van der Waals surface area contributed by atoms with E-state index in [1.165, 1.54) is 11.8 Å². The smallest absolute Gasteiger partial charge is 0.354 e. The number of nitrogens with zero attached hydrogens (tertiary/aromatic N) is 1. The molecule has 3 aromatic carbocycles. The van der Waals surface area contributed by atoms with Gasteiger partial charge in [0.05, 0.1) is 19.3 Å². The Morgan fingerprint density at radius 3 is 2.46 bits per heavy atom. The first-order valence-corrected chi connectivity index (χ1v) is 8.88. The van der Waals surface area contributed by atoms with Gasteiger partial charge in [0.25, 0.3) is 0 Å². The molecule has 1 atom stereocenters. The van der Waals surface area contributed by atoms with Crippen molar-refractivity contribution in [3.8, 4) is 17.2 Å². The SMILES string of the molecule is COc1ccc2ccc(OC(=O)C3CN(C(C)=O)c4ccccc4O3)cc2c1. The number of benzene rings is 3. The van der Waals surface area contributed by atoms with Crippen LogP contribution in [-0.4, -0.2) is 31.6 Å². The number of esters is 1. The average molecular weight is 377 g/mol. The molecule has 3 aromatic rings. The zero-order chi connectivity index (χ0) is 19.7. The van der Waals surface area contributed by atoms with Crippen molar-refractivity contribution in [1.82, 2.24) is 0 Å². The van der Waals surface area contributed by atoms with E-state index in [4.69, 9.17) is 14.2 Å². The number of fused-ring (bicyclic) bond motifs is 2. The van der Waals surface area contributed by atoms with E-state index in [1.807, 2.05) is 30.3 Å². The zero-order valence-electron chi connectivity index (χ0n) is 15.5. The van der Waals surface area contributed by atoms with Gasteiger partial charge in [-0.3, -0.25) is 4.79 Å². The molecule has 1 aliphatic rings. The fourth-order valence-corrected chi connectivity index (χ4v) is 3.23. The molecule has 6 heteroatoms. The van der Waals surface area contributed by atoms with Crippen molar-refractivity contribution in [2.24, 2.45) is 0 Å². The number of hydrogen-bond donors (Lipinski definition) is 0. The largest absolute Gasteiger partial charge is 0.497 e. The quantitative estimate of drug-likeness (QED) is 0.516. The first kappa shape index (κ1) is 17.9. The third kappa shape index (κ3) is 3.36. The summed E-state index contributed by atoms with van der Waals surface area (Å²) in [6, 6.07) is 18.2. The predicted octanol–water partition coefficient (Wildman–Crippen LogP) is 3.57. The summed E-state index contributed by atoms with van der Waals surface area (Å²) in [5, 5.41) is 1.90. The van der Waals surface area contributed by atoms with E-state index in [2.05, 4.69) is 0 Å². The van der Waals surface area contributed by atoms with Crippen LogP contribution in [0.3, 0.4) is 0 Å². The molecule has 6 nitrogen and oxygen atoms in total. The molecule has 1 heterocycles. The monoisotopic (exact) mass is 377 g/mol. The van der Waals surface area contributed by atoms with E-state index >= 15 is 0 Å². The summed E-state index contributed by atoms with van der Waals surface area (Å²) in [5.41, 5.74) is 0.650. The Labute approximate surface area is 162 Å². The van der Waals surface area contributed by atoms with Gasteiger partial charge >= 0.3 is 5.97 Å². The van der Waals surface area contributed by atoms with E-state index < -0.39 is 12.1 Å². The van der Waals surface area contributed by atoms with E-state index in [0.29, 0.717) is 17.2 Å². The molecule has 0 aromatic heterocycles. The molecule has 142 valence electrons. The van der Waals surface area contributed by atoms with Gasteiger partial charge < -0.3 is 19.1 Å². The Morgan fingerprint density at radius 1 is 1.00 bits per heavy atom. The molecule has 0 saturated carbocycles. The van der Waals surface area contributed by atoms with Crippen LogP contribution in [0.25, 0.3) is 10.8 Å². The zero-order valence-corrected chi connectivity index (χ0v) is 15.5. The van der Waals surface area contributed by atoms with Crippen LogP contribution in [-0.2, 0) is 9.59 Å². The number of rotatable bonds is 3. The van der Waals surface area contributed by atoms with Crippen LogP contribution in [0.1, 0.15) is 6.92 Å². The van der Waals surface area contributed by atoms with E-state index in [1.54, 1.807) is 37.4 Å². The molecule has 0 fully saturated rings. The van der Waals surface area contributed by atoms with Crippen LogP contribution in [0, 0.1) is 0 Å². The van der Waals surface area contributed by atoms with Crippen molar-refractivity contribution in [1.29, 1.82) is 0 Å². The highest BCUT2D eigenvalue weighted by Gasteiger charge is 2.33. The number of amides is 1. The van der Waals surface area contributed by atoms with Crippen LogP contribution < -0.4 is 19.1 Å². The van der Waals surface area contributed by atoms with Crippen LogP contribution >= 0.6 is 0 Å². The maximum absolute atomic E-state index is 12.7. The average Bonchev–Trinajstić information content (AvgIpc) is 2.72. The molecule has 28 heavy (non-hydrogen) atoms. The van der Waals surface area contributed by atoms with Crippen molar-refractivity contribution < 1.29 is 23.8 Å². The van der Waals surface area contributed by atoms with Crippen LogP contribution in [0.4, 0.5) is 5.69 Å². The van der Waals surface area contributed by atoms with Gasteiger partial charge in [0.15, 0.2) is 0 Å². The van der Waals surface area contributed by atoms with Crippen LogP contribution in [0.5, 0.6) is 17.2 Å². The lowest BCUT2D eigenvalue weighted by Crippen LogP contribution is -2.47. The van der Waals surface area contributed by atoms with Gasteiger partial charge in [0.2, 0.25) is 12.0 Å². The fourth-order valence-electron chi connectivity index (χ4n) is 3.23. The predicted molar refractivity (Wildman–Crippen MR) is 105 cm³/mol. The Bertz CT molecular complexity index is 1060. The fraction of sp³-hybridized carbons (Fsp3) is 0.182. The van der Waals surface area contributed by atoms with Gasteiger partial charge in [0, 0.05) is 6.92 Å². The number of carbonyl (C=O) groups is 2. The van der Waals surface area contributed by atoms with Crippen LogP contribution in [0.15, 0.2) is 60.7 Å². The minimum absolute atomic E-state index is 0.104. The minimum Gasteiger partial charge on any atom is -0.497 e. The lowest BCUT2D eigenvalue weighted by molar-refractivity contribution is -0.142. The van der Waals surface area contributed by atoms with E-state index in [-0.39, 0.29) is 12.5 Å². The number of ether oxygens (including phenoxy) is 3. The summed E-state index contributed by atoms with van der Waals surface area (Å²) >= 11 is 0. The van der Waals surface area contributed by atoms with Crippen molar-refractivity contribution in [3.05, 3.63) is 60.7 Å². The van der Waals surface area contributed by atoms with Gasteiger partial charge in [-0.25, -0.2) is 4.79 Å². The normalized spacial score (nSPS) is 15.5. The van der Waals surface area contributed by atoms with Gasteiger partial charge in [-0.15, -0.1) is 0 Å². The molecule has 1 aliphatic heterocycles. The number of carbonyl (C=O) groups excluding carboxylic acids is 2. The lowest BCUT2D eigenvalue weighted by Gasteiger charge is -2.33. The number of hydrogen-bond acceptors (Lipinski definition) is 5. The standard InChI is InChI=1S/C22H19NO5/c1-14(24)23-13-21(28-20-6-4-3-5-19(20)23)22(25)27-18-10-8-15-7-9-17(26-2)11-16(15)12-18/h3-12,21H,13H2,1-2H3. The molecule has 0 saturated heterocycles. The molecular weight excluding hydrogens is 358 g/mol. The summed E-state index contributed by atoms with van der Waals surface area (Å²) in [4.78, 5) is 26.2. The topological polar surface area (TPSA) is 65.1 Å². The minimum atomic E-state index is -0.903. The third-order valence-electron chi connectivity index (χ3n) is 4.65. The molecule has 0 radical (unpaired) electrons. The summed E-state index contributed by atoms with van der Waals surface area (Å²) in [5.74, 6) is 0.895. The highest BCUT2D eigenvalue weighted by molar-refractivity contribution is 5.95. The van der Waals surface area contributed by atoms with Gasteiger partial charge in [-0.1, -0.05) is 24.3 Å². The van der Waals surface area contributed by atoms with Crippen molar-refractivity contribution in [2.75, 3.05) is 18.6 Å². The highest BCUT2D eigenvalue weighted by Crippen LogP contribution is 2.33. The van der Waals surface area contributed by atoms with Crippen LogP contribution in [0.2, 0.25) is 0 Å². The Kier molecular flexibility index (Phi) is 4.61. The number of methoxy groups -OCH3 is 1. The van der Waals surface area contributed by atoms with E-state index in [9.17, 15) is 9.59 Å². The van der Waals surface area contributed by atoms with Crippen molar-refractivity contribution in [2.45, 2.75) is 13.0 Å². The molecule has 0 bridgehead atoms. The third-order valence-corrected chi connectivity index (χ3v) is 4.65. The first-order chi connectivity index (χ1) is 13.5. The van der Waals surface area contributed by atoms with E-state index in [0.717, 1.165) is 16.5 Å². The summed E-state index contributed by atoms with van der Waals surface area (Å²) in [6.07, 6.45) is -0.903. The first-order valence-electron chi connectivity index (χ1n) is 8.88. The maximum atomic E-state index is 12.7. The van der Waals surface area contributed by atoms with Gasteiger partial charge in [0.1, 0.15) is 17.2 Å². The molecule has 4 rings (SSSR count). The second-order valence-corrected chi connectivity index (χ2v) is 6.50. The maximum Gasteiger partial charge on any atom is 0.354 e. The summed E-state index contributed by atoms with van der Waals surface area (Å²) < 4.78 is 16.6. The molecule has 0 aliphatic carbocycles. The molecule has 0 N–H and O–H groups in total. The van der Waals surface area contributed by atoms with Gasteiger partial charge in [-0.05, 0) is 47.2 Å². The number of para-hydroxylation sites is 2. The Hall–Kier alpha value is -3.54. The summed E-state index contributed by atoms with van der Waals surface area (Å²) in [6.45, 7) is 1.56. The second-order valence-electron chi connectivity index (χ2n) is 6.50. The Morgan fingerprint density at radius 2 is 1.71 bits per heavy atom. The lowest BCUT2D eigenvalue weighted by atomic mass is 10.1. The molecule has 0 spiro atoms. The molecule has 1 amide bonds. The van der Waals surface area contributed by atoms with Gasteiger partial charge in [-0.2, -0.15) is 0 Å². The highest BCUT2D eigenvalue weighted by atomic mass is 16.6. The Balaban J connectivity index is 1.57. The molecular formula is C22H19NO5. The van der Waals surface area contributed by atoms with Crippen molar-refractivity contribution in [3.63, 3.8) is 0 Å². The summed E-state index contributed by atoms with van der Waals surface area (Å²) in [7, 11) is 1.60. The second kappa shape index (κ2) is 7.23. The molecule has 1 unspecified atom stereocenters.